The van der Waals surface area contributed by atoms with E-state index in [1.165, 1.54) is 19.1 Å². The quantitative estimate of drug-likeness (QED) is 0.598. The SMILES string of the molecule is Cc1ccc(C(=O)[C@@H](C)OC(=O)c2cc(Cl)ccc2Cl)cc1. The van der Waals surface area contributed by atoms with Gasteiger partial charge in [-0.2, -0.15) is 0 Å². The van der Waals surface area contributed by atoms with Crippen molar-refractivity contribution in [1.29, 1.82) is 0 Å². The molecule has 2 aromatic rings. The number of aryl methyl sites for hydroxylation is 1. The molecule has 0 aliphatic rings. The summed E-state index contributed by atoms with van der Waals surface area (Å²) in [6, 6.07) is 11.6. The first-order valence-electron chi connectivity index (χ1n) is 6.65. The minimum Gasteiger partial charge on any atom is -0.451 e. The van der Waals surface area contributed by atoms with E-state index in [1.54, 1.807) is 18.2 Å². The summed E-state index contributed by atoms with van der Waals surface area (Å²) in [5.41, 5.74) is 1.67. The maximum absolute atomic E-state index is 12.2. The normalized spacial score (nSPS) is 11.8. The zero-order valence-electron chi connectivity index (χ0n) is 12.1. The fourth-order valence-corrected chi connectivity index (χ4v) is 2.25. The van der Waals surface area contributed by atoms with Gasteiger partial charge in [-0.15, -0.1) is 0 Å². The van der Waals surface area contributed by atoms with Crippen LogP contribution in [0, 0.1) is 6.92 Å². The van der Waals surface area contributed by atoms with Gasteiger partial charge < -0.3 is 4.74 Å². The Morgan fingerprint density at radius 2 is 1.68 bits per heavy atom. The minimum atomic E-state index is -0.912. The molecule has 2 rings (SSSR count). The van der Waals surface area contributed by atoms with Gasteiger partial charge in [0, 0.05) is 10.6 Å². The molecule has 0 fully saturated rings. The second kappa shape index (κ2) is 6.95. The zero-order chi connectivity index (χ0) is 16.3. The lowest BCUT2D eigenvalue weighted by Gasteiger charge is -2.13. The average Bonchev–Trinajstić information content (AvgIpc) is 2.49. The molecule has 5 heteroatoms. The Balaban J connectivity index is 2.12. The lowest BCUT2D eigenvalue weighted by Crippen LogP contribution is -2.24. The Kier molecular flexibility index (Phi) is 5.22. The molecule has 3 nitrogen and oxygen atoms in total. The molecule has 0 saturated heterocycles. The number of esters is 1. The molecule has 0 aromatic heterocycles. The van der Waals surface area contributed by atoms with Crippen LogP contribution in [0.4, 0.5) is 0 Å². The highest BCUT2D eigenvalue weighted by Crippen LogP contribution is 2.22. The van der Waals surface area contributed by atoms with Crippen LogP contribution in [0.3, 0.4) is 0 Å². The fourth-order valence-electron chi connectivity index (χ4n) is 1.88. The number of carbonyl (C=O) groups excluding carboxylic acids is 2. The molecule has 0 aliphatic heterocycles. The van der Waals surface area contributed by atoms with Gasteiger partial charge in [0.1, 0.15) is 0 Å². The Labute approximate surface area is 138 Å². The van der Waals surface area contributed by atoms with Gasteiger partial charge in [-0.1, -0.05) is 53.0 Å². The van der Waals surface area contributed by atoms with E-state index >= 15 is 0 Å². The van der Waals surface area contributed by atoms with Crippen LogP contribution >= 0.6 is 23.2 Å². The van der Waals surface area contributed by atoms with Crippen LogP contribution in [-0.4, -0.2) is 17.9 Å². The molecule has 0 N–H and O–H groups in total. The van der Waals surface area contributed by atoms with Gasteiger partial charge in [0.05, 0.1) is 10.6 Å². The molecule has 22 heavy (non-hydrogen) atoms. The molecule has 0 radical (unpaired) electrons. The smallest absolute Gasteiger partial charge is 0.340 e. The summed E-state index contributed by atoms with van der Waals surface area (Å²) in [6.07, 6.45) is -0.912. The van der Waals surface area contributed by atoms with Gasteiger partial charge >= 0.3 is 5.97 Å². The molecule has 0 spiro atoms. The first-order valence-corrected chi connectivity index (χ1v) is 7.41. The second-order valence-corrected chi connectivity index (χ2v) is 5.75. The van der Waals surface area contributed by atoms with E-state index in [4.69, 9.17) is 27.9 Å². The van der Waals surface area contributed by atoms with Gasteiger partial charge in [0.2, 0.25) is 5.78 Å². The predicted molar refractivity (Wildman–Crippen MR) is 86.8 cm³/mol. The van der Waals surface area contributed by atoms with Crippen LogP contribution in [0.1, 0.15) is 33.2 Å². The predicted octanol–water partition coefficient (Wildman–Crippen LogP) is 4.73. The largest absolute Gasteiger partial charge is 0.451 e. The first-order chi connectivity index (χ1) is 10.4. The number of benzene rings is 2. The van der Waals surface area contributed by atoms with Crippen LogP contribution in [0.2, 0.25) is 10.0 Å². The molecule has 0 aliphatic carbocycles. The molecule has 0 heterocycles. The van der Waals surface area contributed by atoms with Crippen LogP contribution in [0.15, 0.2) is 42.5 Å². The van der Waals surface area contributed by atoms with Crippen LogP contribution < -0.4 is 0 Å². The minimum absolute atomic E-state index is 0.137. The molecule has 1 atom stereocenters. The van der Waals surface area contributed by atoms with Gasteiger partial charge in [-0.25, -0.2) is 4.79 Å². The van der Waals surface area contributed by atoms with Crippen molar-refractivity contribution >= 4 is 35.0 Å². The summed E-state index contributed by atoms with van der Waals surface area (Å²) in [5.74, 6) is -0.952. The van der Waals surface area contributed by atoms with E-state index in [0.29, 0.717) is 10.6 Å². The van der Waals surface area contributed by atoms with E-state index in [9.17, 15) is 9.59 Å². The van der Waals surface area contributed by atoms with Crippen molar-refractivity contribution in [3.05, 3.63) is 69.2 Å². The molecular formula is C17H14Cl2O3. The third kappa shape index (κ3) is 3.87. The van der Waals surface area contributed by atoms with Crippen molar-refractivity contribution in [2.45, 2.75) is 20.0 Å². The van der Waals surface area contributed by atoms with Gasteiger partial charge in [-0.3, -0.25) is 4.79 Å². The Morgan fingerprint density at radius 3 is 2.32 bits per heavy atom. The lowest BCUT2D eigenvalue weighted by atomic mass is 10.1. The highest BCUT2D eigenvalue weighted by molar-refractivity contribution is 6.35. The third-order valence-corrected chi connectivity index (χ3v) is 3.70. The Morgan fingerprint density at radius 1 is 1.05 bits per heavy atom. The van der Waals surface area contributed by atoms with Crippen molar-refractivity contribution in [1.82, 2.24) is 0 Å². The van der Waals surface area contributed by atoms with Crippen LogP contribution in [-0.2, 0) is 4.74 Å². The van der Waals surface area contributed by atoms with E-state index in [0.717, 1.165) is 5.56 Å². The van der Waals surface area contributed by atoms with Crippen LogP contribution in [0.25, 0.3) is 0 Å². The number of ketones is 1. The first kappa shape index (κ1) is 16.5. The monoisotopic (exact) mass is 336 g/mol. The van der Waals surface area contributed by atoms with Crippen molar-refractivity contribution in [2.75, 3.05) is 0 Å². The molecule has 2 aromatic carbocycles. The van der Waals surface area contributed by atoms with E-state index in [1.807, 2.05) is 19.1 Å². The number of hydrogen-bond donors (Lipinski definition) is 0. The summed E-state index contributed by atoms with van der Waals surface area (Å²) in [4.78, 5) is 24.3. The number of carbonyl (C=O) groups is 2. The van der Waals surface area contributed by atoms with Crippen molar-refractivity contribution in [3.8, 4) is 0 Å². The summed E-state index contributed by atoms with van der Waals surface area (Å²) in [5, 5.41) is 0.596. The molecule has 0 unspecified atom stereocenters. The lowest BCUT2D eigenvalue weighted by molar-refractivity contribution is 0.0319. The molecule has 0 saturated carbocycles. The highest BCUT2D eigenvalue weighted by Gasteiger charge is 2.21. The number of ether oxygens (including phenoxy) is 1. The maximum atomic E-state index is 12.2. The summed E-state index contributed by atoms with van der Waals surface area (Å²) in [6.45, 7) is 3.46. The summed E-state index contributed by atoms with van der Waals surface area (Å²) in [7, 11) is 0. The van der Waals surface area contributed by atoms with E-state index < -0.39 is 12.1 Å². The molecular weight excluding hydrogens is 323 g/mol. The van der Waals surface area contributed by atoms with Crippen molar-refractivity contribution in [2.24, 2.45) is 0 Å². The van der Waals surface area contributed by atoms with Crippen molar-refractivity contribution < 1.29 is 14.3 Å². The van der Waals surface area contributed by atoms with E-state index in [-0.39, 0.29) is 16.4 Å². The standard InChI is InChI=1S/C17H14Cl2O3/c1-10-3-5-12(6-4-10)16(20)11(2)22-17(21)14-9-13(18)7-8-15(14)19/h3-9,11H,1-2H3/t11-/m1/s1. The van der Waals surface area contributed by atoms with Crippen LogP contribution in [0.5, 0.6) is 0 Å². The number of halogens is 2. The Hall–Kier alpha value is -1.84. The second-order valence-electron chi connectivity index (χ2n) is 4.90. The van der Waals surface area contributed by atoms with Gasteiger partial charge in [0.15, 0.2) is 6.10 Å². The highest BCUT2D eigenvalue weighted by atomic mass is 35.5. The topological polar surface area (TPSA) is 43.4 Å². The third-order valence-electron chi connectivity index (χ3n) is 3.14. The maximum Gasteiger partial charge on any atom is 0.340 e. The average molecular weight is 337 g/mol. The summed E-state index contributed by atoms with van der Waals surface area (Å²) < 4.78 is 5.19. The Bertz CT molecular complexity index is 708. The molecule has 0 amide bonds. The molecule has 114 valence electrons. The van der Waals surface area contributed by atoms with Gasteiger partial charge in [-0.05, 0) is 32.0 Å². The van der Waals surface area contributed by atoms with Gasteiger partial charge in [0.25, 0.3) is 0 Å². The molecule has 0 bridgehead atoms. The number of hydrogen-bond acceptors (Lipinski definition) is 3. The van der Waals surface area contributed by atoms with E-state index in [2.05, 4.69) is 0 Å². The zero-order valence-corrected chi connectivity index (χ0v) is 13.6. The summed E-state index contributed by atoms with van der Waals surface area (Å²) >= 11 is 11.8. The number of Topliss-reactive ketones (excluding diaryl/α,β-unsaturated/α-hetero) is 1. The number of rotatable bonds is 4. The fraction of sp³-hybridized carbons (Fsp3) is 0.176. The van der Waals surface area contributed by atoms with Crippen molar-refractivity contribution in [3.63, 3.8) is 0 Å².